The Kier molecular flexibility index (Phi) is 57.0. The Balaban J connectivity index is 5.29. The van der Waals surface area contributed by atoms with Gasteiger partial charge in [0.25, 0.3) is 0 Å². The van der Waals surface area contributed by atoms with Crippen molar-refractivity contribution in [1.82, 2.24) is 0 Å². The molecule has 19 heteroatoms. The molecule has 0 aromatic heterocycles. The van der Waals surface area contributed by atoms with Gasteiger partial charge in [0.2, 0.25) is 0 Å². The van der Waals surface area contributed by atoms with Crippen LogP contribution < -0.4 is 0 Å². The Bertz CT molecular complexity index is 1810. The van der Waals surface area contributed by atoms with Crippen LogP contribution in [-0.4, -0.2) is 96.7 Å². The van der Waals surface area contributed by atoms with Gasteiger partial charge in [-0.3, -0.25) is 37.3 Å². The molecule has 0 amide bonds. The van der Waals surface area contributed by atoms with E-state index >= 15 is 0 Å². The molecule has 6 atom stereocenters. The number of esters is 4. The van der Waals surface area contributed by atoms with E-state index in [-0.39, 0.29) is 25.7 Å². The molecule has 0 saturated carbocycles. The van der Waals surface area contributed by atoms with Crippen LogP contribution in [0.5, 0.6) is 0 Å². The number of phosphoric ester groups is 2. The monoisotopic (exact) mass is 1280 g/mol. The van der Waals surface area contributed by atoms with Crippen LogP contribution in [0.25, 0.3) is 0 Å². The third-order valence-corrected chi connectivity index (χ3v) is 17.3. The average molecular weight is 1280 g/mol. The number of carbonyl (C=O) groups is 4. The van der Waals surface area contributed by atoms with Crippen LogP contribution in [0.3, 0.4) is 0 Å². The molecule has 3 N–H and O–H groups in total. The van der Waals surface area contributed by atoms with Crippen molar-refractivity contribution < 1.29 is 80.2 Å². The summed E-state index contributed by atoms with van der Waals surface area (Å²) in [6, 6.07) is 0. The highest BCUT2D eigenvalue weighted by Gasteiger charge is 2.30. The summed E-state index contributed by atoms with van der Waals surface area (Å²) in [7, 11) is -9.91. The van der Waals surface area contributed by atoms with Crippen molar-refractivity contribution >= 4 is 39.5 Å². The van der Waals surface area contributed by atoms with E-state index in [0.717, 1.165) is 121 Å². The van der Waals surface area contributed by atoms with E-state index in [1.165, 1.54) is 96.3 Å². The third kappa shape index (κ3) is 60.9. The van der Waals surface area contributed by atoms with Gasteiger partial charge in [-0.1, -0.05) is 259 Å². The second-order valence-corrected chi connectivity index (χ2v) is 28.0. The topological polar surface area (TPSA) is 237 Å². The normalized spacial score (nSPS) is 14.8. The molecular weight excluding hydrogens is 1150 g/mol. The van der Waals surface area contributed by atoms with Crippen molar-refractivity contribution in [3.8, 4) is 0 Å². The fourth-order valence-corrected chi connectivity index (χ4v) is 11.2. The lowest BCUT2D eigenvalue weighted by atomic mass is 9.99. The summed E-state index contributed by atoms with van der Waals surface area (Å²) in [6.45, 7) is 11.6. The first-order chi connectivity index (χ1) is 41.8. The van der Waals surface area contributed by atoms with Crippen molar-refractivity contribution in [1.29, 1.82) is 0 Å². The quantitative estimate of drug-likeness (QED) is 0.0169. The van der Waals surface area contributed by atoms with Crippen LogP contribution in [0.1, 0.15) is 312 Å². The number of allylic oxidation sites excluding steroid dienone is 4. The average Bonchev–Trinajstić information content (AvgIpc) is 3.63. The lowest BCUT2D eigenvalue weighted by molar-refractivity contribution is -0.161. The minimum atomic E-state index is -4.96. The van der Waals surface area contributed by atoms with E-state index in [9.17, 15) is 43.2 Å². The van der Waals surface area contributed by atoms with Gasteiger partial charge in [-0.25, -0.2) is 9.13 Å². The van der Waals surface area contributed by atoms with Crippen molar-refractivity contribution in [2.45, 2.75) is 330 Å². The van der Waals surface area contributed by atoms with Crippen LogP contribution in [0.2, 0.25) is 0 Å². The highest BCUT2D eigenvalue weighted by molar-refractivity contribution is 7.47. The van der Waals surface area contributed by atoms with Crippen molar-refractivity contribution in [3.05, 3.63) is 24.3 Å². The summed E-state index contributed by atoms with van der Waals surface area (Å²) in [4.78, 5) is 72.4. The van der Waals surface area contributed by atoms with E-state index in [0.29, 0.717) is 37.5 Å². The Morgan fingerprint density at radius 3 is 1.02 bits per heavy atom. The number of carbonyl (C=O) groups excluding carboxylic acids is 4. The number of hydrogen-bond acceptors (Lipinski definition) is 15. The summed E-state index contributed by atoms with van der Waals surface area (Å²) >= 11 is 0. The van der Waals surface area contributed by atoms with Gasteiger partial charge in [0.1, 0.15) is 19.3 Å². The van der Waals surface area contributed by atoms with E-state index in [1.807, 2.05) is 0 Å². The van der Waals surface area contributed by atoms with E-state index in [1.54, 1.807) is 0 Å². The van der Waals surface area contributed by atoms with Gasteiger partial charge in [0.15, 0.2) is 12.2 Å². The molecule has 0 aromatic rings. The molecule has 0 aliphatic carbocycles. The lowest BCUT2D eigenvalue weighted by Gasteiger charge is -2.21. The van der Waals surface area contributed by atoms with Gasteiger partial charge >= 0.3 is 39.5 Å². The van der Waals surface area contributed by atoms with Crippen LogP contribution >= 0.6 is 15.6 Å². The third-order valence-electron chi connectivity index (χ3n) is 15.4. The maximum Gasteiger partial charge on any atom is 0.472 e. The van der Waals surface area contributed by atoms with Crippen molar-refractivity contribution in [2.75, 3.05) is 39.6 Å². The molecular formula is C68H128O17P2. The lowest BCUT2D eigenvalue weighted by Crippen LogP contribution is -2.30. The Morgan fingerprint density at radius 1 is 0.379 bits per heavy atom. The zero-order chi connectivity index (χ0) is 64.5. The number of rotatable bonds is 64. The molecule has 0 heterocycles. The highest BCUT2D eigenvalue weighted by Crippen LogP contribution is 2.45. The van der Waals surface area contributed by atoms with Crippen LogP contribution in [0, 0.1) is 17.8 Å². The van der Waals surface area contributed by atoms with Gasteiger partial charge in [0, 0.05) is 25.7 Å². The largest absolute Gasteiger partial charge is 0.472 e. The summed E-state index contributed by atoms with van der Waals surface area (Å²) in [5.41, 5.74) is 0. The van der Waals surface area contributed by atoms with Gasteiger partial charge in [-0.15, -0.1) is 0 Å². The molecule has 0 aromatic carbocycles. The Hall–Kier alpha value is -2.46. The molecule has 4 unspecified atom stereocenters. The molecule has 0 aliphatic rings. The van der Waals surface area contributed by atoms with E-state index < -0.39 is 97.5 Å². The van der Waals surface area contributed by atoms with Crippen molar-refractivity contribution in [3.63, 3.8) is 0 Å². The zero-order valence-electron chi connectivity index (χ0n) is 56.0. The molecule has 0 fully saturated rings. The predicted octanol–water partition coefficient (Wildman–Crippen LogP) is 18.6. The molecule has 0 rings (SSSR count). The van der Waals surface area contributed by atoms with Gasteiger partial charge in [0.05, 0.1) is 26.4 Å². The van der Waals surface area contributed by atoms with Crippen molar-refractivity contribution in [2.24, 2.45) is 17.8 Å². The molecule has 0 radical (unpaired) electrons. The number of aliphatic hydroxyl groups is 1. The summed E-state index contributed by atoms with van der Waals surface area (Å²) in [6.07, 6.45) is 44.0. The second kappa shape index (κ2) is 58.6. The number of phosphoric acid groups is 2. The molecule has 87 heavy (non-hydrogen) atoms. The number of ether oxygens (including phenoxy) is 4. The van der Waals surface area contributed by atoms with Gasteiger partial charge in [-0.2, -0.15) is 0 Å². The molecule has 512 valence electrons. The first-order valence-corrected chi connectivity index (χ1v) is 37.7. The number of hydrogen-bond donors (Lipinski definition) is 3. The second-order valence-electron chi connectivity index (χ2n) is 25.1. The summed E-state index contributed by atoms with van der Waals surface area (Å²) in [5, 5.41) is 10.6. The van der Waals surface area contributed by atoms with Crippen LogP contribution in [0.15, 0.2) is 24.3 Å². The fraction of sp³-hybridized carbons (Fsp3) is 0.882. The standard InChI is InChI=1S/C68H128O17P2/c1-8-10-11-12-13-14-15-16-17-18-19-20-28-37-44-51-67(72)84-63(55-78-65(70)49-42-35-30-23-25-32-39-46-59(3)4)57-82-86(74,75)80-53-62(69)54-81-87(76,77)83-58-64(56-79-66(71)50-43-36-31-24-26-33-40-47-60(5)6)85-68(73)52-45-38-29-22-21-27-34-41-48-61(7)9-2/h14-17,59-64,69H,8-13,18-58H2,1-7H3,(H,74,75)(H,76,77)/b15-14-,17-16-/t61?,62?,63-,64-/m1/s1. The number of unbranched alkanes of at least 4 members (excludes halogenated alkanes) is 28. The Labute approximate surface area is 529 Å². The Morgan fingerprint density at radius 2 is 0.678 bits per heavy atom. The van der Waals surface area contributed by atoms with E-state index in [2.05, 4.69) is 72.8 Å². The van der Waals surface area contributed by atoms with Gasteiger partial charge in [-0.05, 0) is 69.1 Å². The van der Waals surface area contributed by atoms with E-state index in [4.69, 9.17) is 37.0 Å². The smallest absolute Gasteiger partial charge is 0.462 e. The minimum absolute atomic E-state index is 0.0836. The fourth-order valence-electron chi connectivity index (χ4n) is 9.61. The first-order valence-electron chi connectivity index (χ1n) is 34.7. The summed E-state index contributed by atoms with van der Waals surface area (Å²) in [5.74, 6) is 0.00934. The highest BCUT2D eigenvalue weighted by atomic mass is 31.2. The summed E-state index contributed by atoms with van der Waals surface area (Å²) < 4.78 is 68.1. The zero-order valence-corrected chi connectivity index (χ0v) is 57.7. The molecule has 0 aliphatic heterocycles. The first kappa shape index (κ1) is 84.5. The minimum Gasteiger partial charge on any atom is -0.462 e. The molecule has 0 bridgehead atoms. The number of aliphatic hydroxyl groups excluding tert-OH is 1. The van der Waals surface area contributed by atoms with Gasteiger partial charge < -0.3 is 33.8 Å². The van der Waals surface area contributed by atoms with Crippen LogP contribution in [-0.2, 0) is 65.4 Å². The SMILES string of the molecule is CCCCCC/C=C\C=C/CCCCCCCC(=O)O[C@H](COC(=O)CCCCCCCCCC(C)C)COP(=O)(O)OCC(O)COP(=O)(O)OC[C@@H](COC(=O)CCCCCCCCCC(C)C)OC(=O)CCCCCCCCCCC(C)CC. The maximum atomic E-state index is 13.0. The van der Waals surface area contributed by atoms with Crippen LogP contribution in [0.4, 0.5) is 0 Å². The maximum absolute atomic E-state index is 13.0. The molecule has 0 saturated heterocycles. The predicted molar refractivity (Wildman–Crippen MR) is 349 cm³/mol. The molecule has 0 spiro atoms. The molecule has 17 nitrogen and oxygen atoms in total.